The Balaban J connectivity index is 2.46. The van der Waals surface area contributed by atoms with Crippen molar-refractivity contribution in [3.05, 3.63) is 27.9 Å². The van der Waals surface area contributed by atoms with E-state index in [9.17, 15) is 19.5 Å². The fraction of sp³-hybridized carbons (Fsp3) is 0.333. The lowest BCUT2D eigenvalue weighted by molar-refractivity contribution is -0.148. The Labute approximate surface area is 144 Å². The molecule has 0 spiro atoms. The number of carbonyl (C=O) groups excluding carboxylic acids is 1. The number of carboxylic acid groups (broad SMARTS) is 2. The van der Waals surface area contributed by atoms with E-state index in [1.54, 1.807) is 12.3 Å². The molecular weight excluding hydrogens is 384 g/mol. The number of benzene rings is 1. The summed E-state index contributed by atoms with van der Waals surface area (Å²) < 4.78 is 5.71. The number of esters is 1. The number of aromatic amines is 1. The number of hydrogen-bond donors (Lipinski definition) is 3. The molecule has 9 heteroatoms. The van der Waals surface area contributed by atoms with Crippen LogP contribution in [-0.4, -0.2) is 38.3 Å². The molecule has 0 radical (unpaired) electrons. The van der Waals surface area contributed by atoms with E-state index in [1.165, 1.54) is 6.92 Å². The van der Waals surface area contributed by atoms with Crippen molar-refractivity contribution < 1.29 is 29.3 Å². The van der Waals surface area contributed by atoms with E-state index in [4.69, 9.17) is 9.84 Å². The van der Waals surface area contributed by atoms with Crippen molar-refractivity contribution in [2.75, 3.05) is 0 Å². The van der Waals surface area contributed by atoms with Crippen LogP contribution < -0.4 is 0 Å². The maximum Gasteiger partial charge on any atom is 0.307 e. The fourth-order valence-corrected chi connectivity index (χ4v) is 3.01. The molecule has 1 heterocycles. The van der Waals surface area contributed by atoms with Crippen LogP contribution in [0, 0.1) is 5.92 Å². The minimum atomic E-state index is -1.20. The second-order valence-electron chi connectivity index (χ2n) is 5.27. The number of rotatable bonds is 7. The molecule has 2 aromatic rings. The highest BCUT2D eigenvalue weighted by Crippen LogP contribution is 2.31. The van der Waals surface area contributed by atoms with E-state index in [1.807, 2.05) is 0 Å². The van der Waals surface area contributed by atoms with Gasteiger partial charge in [-0.05, 0) is 34.0 Å². The zero-order valence-corrected chi connectivity index (χ0v) is 14.3. The van der Waals surface area contributed by atoms with Gasteiger partial charge in [-0.2, -0.15) is 5.10 Å². The normalized spacial score (nSPS) is 12.1. The average molecular weight is 399 g/mol. The van der Waals surface area contributed by atoms with Crippen molar-refractivity contribution in [2.45, 2.75) is 26.4 Å². The summed E-state index contributed by atoms with van der Waals surface area (Å²) in [7, 11) is 0. The molecule has 1 aromatic carbocycles. The lowest BCUT2D eigenvalue weighted by Gasteiger charge is -2.15. The molecule has 0 aliphatic carbocycles. The predicted molar refractivity (Wildman–Crippen MR) is 86.3 cm³/mol. The van der Waals surface area contributed by atoms with Crippen LogP contribution in [0.5, 0.6) is 0 Å². The lowest BCUT2D eigenvalue weighted by atomic mass is 9.92. The molecule has 0 saturated carbocycles. The number of nitrogens with one attached hydrogen (secondary N) is 1. The van der Waals surface area contributed by atoms with Crippen LogP contribution in [0.3, 0.4) is 0 Å². The topological polar surface area (TPSA) is 130 Å². The number of nitrogens with zero attached hydrogens (tertiary/aromatic N) is 1. The third-order valence-corrected chi connectivity index (χ3v) is 4.17. The molecule has 0 aliphatic rings. The summed E-state index contributed by atoms with van der Waals surface area (Å²) in [6.45, 7) is 1.23. The Morgan fingerprint density at radius 2 is 2.08 bits per heavy atom. The van der Waals surface area contributed by atoms with Crippen LogP contribution in [0.4, 0.5) is 0 Å². The molecule has 3 N–H and O–H groups in total. The van der Waals surface area contributed by atoms with Gasteiger partial charge < -0.3 is 14.9 Å². The quantitative estimate of drug-likeness (QED) is 0.608. The second kappa shape index (κ2) is 7.43. The van der Waals surface area contributed by atoms with Crippen LogP contribution >= 0.6 is 15.9 Å². The van der Waals surface area contributed by atoms with Gasteiger partial charge in [-0.25, -0.2) is 0 Å². The van der Waals surface area contributed by atoms with Crippen molar-refractivity contribution in [3.63, 3.8) is 0 Å². The number of fused-ring (bicyclic) bond motifs is 1. The number of aliphatic carboxylic acids is 2. The second-order valence-corrected chi connectivity index (χ2v) is 6.13. The predicted octanol–water partition coefficient (Wildman–Crippen LogP) is 2.11. The maximum absolute atomic E-state index is 11.3. The number of carboxylic acids is 2. The van der Waals surface area contributed by atoms with Crippen LogP contribution in [0.25, 0.3) is 10.9 Å². The molecule has 0 amide bonds. The maximum atomic E-state index is 11.3. The summed E-state index contributed by atoms with van der Waals surface area (Å²) in [5.41, 5.74) is 1.88. The molecule has 0 bridgehead atoms. The first-order valence-electron chi connectivity index (χ1n) is 7.01. The number of H-pyrrole nitrogens is 1. The van der Waals surface area contributed by atoms with Gasteiger partial charge in [-0.15, -0.1) is 0 Å². The molecule has 8 nitrogen and oxygen atoms in total. The van der Waals surface area contributed by atoms with Gasteiger partial charge >= 0.3 is 17.9 Å². The van der Waals surface area contributed by atoms with Gasteiger partial charge in [0.05, 0.1) is 24.1 Å². The van der Waals surface area contributed by atoms with Crippen molar-refractivity contribution in [1.82, 2.24) is 10.2 Å². The molecule has 0 fully saturated rings. The highest BCUT2D eigenvalue weighted by atomic mass is 79.9. The number of aromatic nitrogens is 2. The summed E-state index contributed by atoms with van der Waals surface area (Å²) in [5, 5.41) is 25.6. The molecule has 128 valence electrons. The molecule has 0 aliphatic heterocycles. The Morgan fingerprint density at radius 1 is 1.38 bits per heavy atom. The van der Waals surface area contributed by atoms with Crippen molar-refractivity contribution in [3.8, 4) is 0 Å². The SMILES string of the molecule is CC(=O)OCc1c(CC(CC(=O)O)C(=O)O)cc(Br)c2[nH]ncc12. The van der Waals surface area contributed by atoms with Gasteiger partial charge in [0.2, 0.25) is 0 Å². The van der Waals surface area contributed by atoms with Gasteiger partial charge in [0.1, 0.15) is 6.61 Å². The molecule has 24 heavy (non-hydrogen) atoms. The zero-order chi connectivity index (χ0) is 17.9. The first kappa shape index (κ1) is 17.9. The van der Waals surface area contributed by atoms with Crippen LogP contribution in [0.2, 0.25) is 0 Å². The number of halogens is 1. The molecule has 0 saturated heterocycles. The van der Waals surface area contributed by atoms with E-state index in [0.717, 1.165) is 0 Å². The van der Waals surface area contributed by atoms with E-state index < -0.39 is 30.2 Å². The zero-order valence-electron chi connectivity index (χ0n) is 12.7. The van der Waals surface area contributed by atoms with Gasteiger partial charge in [-0.1, -0.05) is 0 Å². The third kappa shape index (κ3) is 4.10. The minimum Gasteiger partial charge on any atom is -0.481 e. The molecule has 1 unspecified atom stereocenters. The summed E-state index contributed by atoms with van der Waals surface area (Å²) in [4.78, 5) is 33.3. The summed E-state index contributed by atoms with van der Waals surface area (Å²) in [5.74, 6) is -3.94. The van der Waals surface area contributed by atoms with E-state index in [-0.39, 0.29) is 13.0 Å². The van der Waals surface area contributed by atoms with Gasteiger partial charge in [0.25, 0.3) is 0 Å². The first-order chi connectivity index (χ1) is 11.3. The summed E-state index contributed by atoms with van der Waals surface area (Å²) >= 11 is 3.38. The van der Waals surface area contributed by atoms with Crippen molar-refractivity contribution in [2.24, 2.45) is 5.92 Å². The number of ether oxygens (including phenoxy) is 1. The monoisotopic (exact) mass is 398 g/mol. The van der Waals surface area contributed by atoms with E-state index in [0.29, 0.717) is 26.5 Å². The minimum absolute atomic E-state index is 0.00203. The Kier molecular flexibility index (Phi) is 5.55. The summed E-state index contributed by atoms with van der Waals surface area (Å²) in [6, 6.07) is 1.69. The van der Waals surface area contributed by atoms with Gasteiger partial charge in [-0.3, -0.25) is 19.5 Å². The van der Waals surface area contributed by atoms with Gasteiger partial charge in [0, 0.05) is 22.3 Å². The Hall–Kier alpha value is -2.42. The fourth-order valence-electron chi connectivity index (χ4n) is 2.43. The molecule has 1 aromatic heterocycles. The Bertz CT molecular complexity index is 801. The highest BCUT2D eigenvalue weighted by Gasteiger charge is 2.24. The Morgan fingerprint density at radius 3 is 2.67 bits per heavy atom. The summed E-state index contributed by atoms with van der Waals surface area (Å²) in [6.07, 6.45) is 1.05. The van der Waals surface area contributed by atoms with Crippen molar-refractivity contribution >= 4 is 44.7 Å². The van der Waals surface area contributed by atoms with Crippen molar-refractivity contribution in [1.29, 1.82) is 0 Å². The van der Waals surface area contributed by atoms with Crippen LogP contribution in [-0.2, 0) is 32.1 Å². The average Bonchev–Trinajstić information content (AvgIpc) is 2.95. The first-order valence-corrected chi connectivity index (χ1v) is 7.80. The van der Waals surface area contributed by atoms with Gasteiger partial charge in [0.15, 0.2) is 0 Å². The molecule has 2 rings (SSSR count). The smallest absolute Gasteiger partial charge is 0.307 e. The number of hydrogen-bond acceptors (Lipinski definition) is 5. The molecular formula is C15H15BrN2O6. The lowest BCUT2D eigenvalue weighted by Crippen LogP contribution is -2.21. The third-order valence-electron chi connectivity index (χ3n) is 3.55. The van der Waals surface area contributed by atoms with Crippen LogP contribution in [0.15, 0.2) is 16.7 Å². The van der Waals surface area contributed by atoms with E-state index in [2.05, 4.69) is 26.1 Å². The standard InChI is InChI=1S/C15H15BrN2O6/c1-7(19)24-6-11-8(2-9(15(22)23)4-13(20)21)3-12(16)14-10(11)5-17-18-14/h3,5,9H,2,4,6H2,1H3,(H,17,18)(H,20,21)(H,22,23). The number of carbonyl (C=O) groups is 3. The largest absolute Gasteiger partial charge is 0.481 e. The van der Waals surface area contributed by atoms with E-state index >= 15 is 0 Å². The van der Waals surface area contributed by atoms with Crippen LogP contribution in [0.1, 0.15) is 24.5 Å². The highest BCUT2D eigenvalue weighted by molar-refractivity contribution is 9.10. The molecule has 1 atom stereocenters.